The van der Waals surface area contributed by atoms with Crippen LogP contribution in [-0.2, 0) is 9.59 Å². The fourth-order valence-corrected chi connectivity index (χ4v) is 2.52. The average Bonchev–Trinajstić information content (AvgIpc) is 2.82. The van der Waals surface area contributed by atoms with E-state index < -0.39 is 11.9 Å². The van der Waals surface area contributed by atoms with Crippen LogP contribution in [0.1, 0.15) is 25.7 Å². The molecule has 2 aliphatic rings. The average molecular weight is 269 g/mol. The molecule has 0 aromatic rings. The van der Waals surface area contributed by atoms with E-state index in [1.165, 1.54) is 0 Å². The quantitative estimate of drug-likeness (QED) is 0.659. The predicted octanol–water partition coefficient (Wildman–Crippen LogP) is -0.229. The monoisotopic (exact) mass is 269 g/mol. The van der Waals surface area contributed by atoms with E-state index >= 15 is 0 Å². The van der Waals surface area contributed by atoms with Gasteiger partial charge in [0.2, 0.25) is 5.91 Å². The van der Waals surface area contributed by atoms with Crippen LogP contribution in [0.5, 0.6) is 0 Å². The molecular weight excluding hydrogens is 250 g/mol. The number of rotatable bonds is 3. The number of nitrogens with zero attached hydrogens (tertiary/aromatic N) is 1. The van der Waals surface area contributed by atoms with Crippen molar-refractivity contribution in [3.05, 3.63) is 0 Å². The topological polar surface area (TPSA) is 98.7 Å². The molecule has 0 aromatic heterocycles. The lowest BCUT2D eigenvalue weighted by atomic mass is 9.99. The Kier molecular flexibility index (Phi) is 4.24. The smallest absolute Gasteiger partial charge is 0.317 e. The molecule has 3 amide bonds. The molecule has 2 atom stereocenters. The number of nitrogens with one attached hydrogen (secondary N) is 2. The van der Waals surface area contributed by atoms with Crippen LogP contribution in [0.2, 0.25) is 0 Å². The standard InChI is InChI=1S/C12H19N3O4/c16-10-4-3-9(14-10)6-13-12(19)15-5-1-2-8(7-15)11(17)18/h8-9H,1-7H2,(H,13,19)(H,14,16)(H,17,18). The summed E-state index contributed by atoms with van der Waals surface area (Å²) in [6.45, 7) is 1.25. The Hall–Kier alpha value is -1.79. The molecule has 0 radical (unpaired) electrons. The van der Waals surface area contributed by atoms with Crippen molar-refractivity contribution in [1.82, 2.24) is 15.5 Å². The van der Waals surface area contributed by atoms with Crippen molar-refractivity contribution in [2.45, 2.75) is 31.7 Å². The van der Waals surface area contributed by atoms with Gasteiger partial charge in [-0.25, -0.2) is 4.79 Å². The number of hydrogen-bond acceptors (Lipinski definition) is 3. The van der Waals surface area contributed by atoms with Crippen LogP contribution in [0, 0.1) is 5.92 Å². The molecule has 3 N–H and O–H groups in total. The van der Waals surface area contributed by atoms with Crippen molar-refractivity contribution in [3.63, 3.8) is 0 Å². The van der Waals surface area contributed by atoms with Crippen LogP contribution < -0.4 is 10.6 Å². The summed E-state index contributed by atoms with van der Waals surface area (Å²) in [5, 5.41) is 14.5. The molecule has 2 saturated heterocycles. The van der Waals surface area contributed by atoms with Gasteiger partial charge >= 0.3 is 12.0 Å². The van der Waals surface area contributed by atoms with Gasteiger partial charge in [-0.3, -0.25) is 9.59 Å². The van der Waals surface area contributed by atoms with Crippen molar-refractivity contribution in [2.24, 2.45) is 5.92 Å². The highest BCUT2D eigenvalue weighted by molar-refractivity contribution is 5.79. The lowest BCUT2D eigenvalue weighted by Crippen LogP contribution is -2.49. The number of carboxylic acid groups (broad SMARTS) is 1. The summed E-state index contributed by atoms with van der Waals surface area (Å²) in [4.78, 5) is 35.4. The van der Waals surface area contributed by atoms with Crippen LogP contribution in [0.4, 0.5) is 4.79 Å². The normalized spacial score (nSPS) is 26.9. The molecule has 2 heterocycles. The van der Waals surface area contributed by atoms with E-state index in [1.807, 2.05) is 0 Å². The summed E-state index contributed by atoms with van der Waals surface area (Å²) in [5.74, 6) is -1.30. The Morgan fingerprint density at radius 1 is 1.42 bits per heavy atom. The van der Waals surface area contributed by atoms with Gasteiger partial charge in [-0.15, -0.1) is 0 Å². The number of aliphatic carboxylic acids is 1. The maximum absolute atomic E-state index is 11.9. The zero-order valence-corrected chi connectivity index (χ0v) is 10.7. The molecule has 19 heavy (non-hydrogen) atoms. The molecule has 7 heteroatoms. The van der Waals surface area contributed by atoms with Crippen molar-refractivity contribution in [3.8, 4) is 0 Å². The van der Waals surface area contributed by atoms with E-state index in [1.54, 1.807) is 4.90 Å². The first kappa shape index (κ1) is 13.6. The fraction of sp³-hybridized carbons (Fsp3) is 0.750. The summed E-state index contributed by atoms with van der Waals surface area (Å²) >= 11 is 0. The van der Waals surface area contributed by atoms with Gasteiger partial charge in [0.25, 0.3) is 0 Å². The molecule has 0 aliphatic carbocycles. The molecule has 2 fully saturated rings. The molecule has 2 rings (SSSR count). The van der Waals surface area contributed by atoms with Gasteiger partial charge in [0, 0.05) is 32.1 Å². The van der Waals surface area contributed by atoms with E-state index in [4.69, 9.17) is 5.11 Å². The number of likely N-dealkylation sites (tertiary alicyclic amines) is 1. The Morgan fingerprint density at radius 2 is 2.21 bits per heavy atom. The van der Waals surface area contributed by atoms with E-state index in [2.05, 4.69) is 10.6 Å². The third-order valence-corrected chi connectivity index (χ3v) is 3.64. The van der Waals surface area contributed by atoms with Gasteiger partial charge in [0.15, 0.2) is 0 Å². The SMILES string of the molecule is O=C1CCC(CNC(=O)N2CCCC(C(=O)O)C2)N1. The van der Waals surface area contributed by atoms with Crippen LogP contribution in [0.15, 0.2) is 0 Å². The number of urea groups is 1. The molecule has 7 nitrogen and oxygen atoms in total. The zero-order valence-electron chi connectivity index (χ0n) is 10.7. The first-order valence-electron chi connectivity index (χ1n) is 6.61. The Bertz CT molecular complexity index is 385. The lowest BCUT2D eigenvalue weighted by Gasteiger charge is -2.31. The van der Waals surface area contributed by atoms with Gasteiger partial charge in [0.05, 0.1) is 5.92 Å². The maximum Gasteiger partial charge on any atom is 0.317 e. The second kappa shape index (κ2) is 5.90. The highest BCUT2D eigenvalue weighted by Gasteiger charge is 2.28. The molecule has 0 aromatic carbocycles. The predicted molar refractivity (Wildman–Crippen MR) is 66.5 cm³/mol. The fourth-order valence-electron chi connectivity index (χ4n) is 2.52. The number of carboxylic acids is 1. The van der Waals surface area contributed by atoms with Crippen molar-refractivity contribution in [1.29, 1.82) is 0 Å². The maximum atomic E-state index is 11.9. The molecule has 0 bridgehead atoms. The minimum absolute atomic E-state index is 0.00323. The van der Waals surface area contributed by atoms with Gasteiger partial charge in [-0.1, -0.05) is 0 Å². The van der Waals surface area contributed by atoms with E-state index in [0.29, 0.717) is 32.4 Å². The third-order valence-electron chi connectivity index (χ3n) is 3.64. The number of carbonyl (C=O) groups excluding carboxylic acids is 2. The van der Waals surface area contributed by atoms with Gasteiger partial charge in [-0.2, -0.15) is 0 Å². The molecule has 0 saturated carbocycles. The number of carbonyl (C=O) groups is 3. The molecule has 106 valence electrons. The summed E-state index contributed by atoms with van der Waals surface area (Å²) in [7, 11) is 0. The molecular formula is C12H19N3O4. The zero-order chi connectivity index (χ0) is 13.8. The summed E-state index contributed by atoms with van der Waals surface area (Å²) in [5.41, 5.74) is 0. The van der Waals surface area contributed by atoms with Crippen LogP contribution in [0.25, 0.3) is 0 Å². The summed E-state index contributed by atoms with van der Waals surface area (Å²) < 4.78 is 0. The Labute approximate surface area is 111 Å². The van der Waals surface area contributed by atoms with E-state index in [-0.39, 0.29) is 24.5 Å². The Balaban J connectivity index is 1.76. The largest absolute Gasteiger partial charge is 0.481 e. The van der Waals surface area contributed by atoms with Gasteiger partial charge in [-0.05, 0) is 19.3 Å². The van der Waals surface area contributed by atoms with E-state index in [0.717, 1.165) is 6.42 Å². The number of piperidine rings is 1. The Morgan fingerprint density at radius 3 is 2.84 bits per heavy atom. The van der Waals surface area contributed by atoms with Crippen LogP contribution in [-0.4, -0.2) is 53.6 Å². The highest BCUT2D eigenvalue weighted by atomic mass is 16.4. The number of hydrogen-bond donors (Lipinski definition) is 3. The lowest BCUT2D eigenvalue weighted by molar-refractivity contribution is -0.143. The highest BCUT2D eigenvalue weighted by Crippen LogP contribution is 2.16. The van der Waals surface area contributed by atoms with Crippen molar-refractivity contribution >= 4 is 17.9 Å². The van der Waals surface area contributed by atoms with Crippen LogP contribution >= 0.6 is 0 Å². The first-order valence-corrected chi connectivity index (χ1v) is 6.61. The minimum Gasteiger partial charge on any atom is -0.481 e. The van der Waals surface area contributed by atoms with Crippen molar-refractivity contribution < 1.29 is 19.5 Å². The van der Waals surface area contributed by atoms with E-state index in [9.17, 15) is 14.4 Å². The summed E-state index contributed by atoms with van der Waals surface area (Å²) in [6, 6.07) is -0.247. The molecule has 2 unspecified atom stereocenters. The second-order valence-electron chi connectivity index (χ2n) is 5.11. The van der Waals surface area contributed by atoms with Crippen molar-refractivity contribution in [2.75, 3.05) is 19.6 Å². The summed E-state index contributed by atoms with van der Waals surface area (Å²) in [6.07, 6.45) is 2.57. The molecule has 2 aliphatic heterocycles. The van der Waals surface area contributed by atoms with Crippen LogP contribution in [0.3, 0.4) is 0 Å². The first-order chi connectivity index (χ1) is 9.06. The third kappa shape index (κ3) is 3.59. The van der Waals surface area contributed by atoms with Gasteiger partial charge in [0.1, 0.15) is 0 Å². The molecule has 0 spiro atoms. The minimum atomic E-state index is -0.847. The van der Waals surface area contributed by atoms with Gasteiger partial charge < -0.3 is 20.6 Å². The second-order valence-corrected chi connectivity index (χ2v) is 5.11. The number of amides is 3.